The quantitative estimate of drug-likeness (QED) is 0.297. The average molecular weight is 326 g/mol. The summed E-state index contributed by atoms with van der Waals surface area (Å²) in [6.45, 7) is 0. The molecule has 0 atom stereocenters. The van der Waals surface area contributed by atoms with Gasteiger partial charge in [0.2, 0.25) is 0 Å². The van der Waals surface area contributed by atoms with Crippen molar-refractivity contribution in [1.29, 1.82) is 0 Å². The van der Waals surface area contributed by atoms with Gasteiger partial charge in [0.1, 0.15) is 10.8 Å². The third-order valence-electron chi connectivity index (χ3n) is 3.67. The summed E-state index contributed by atoms with van der Waals surface area (Å²) in [5.41, 5.74) is 4.27. The SMILES string of the molecule is CSc1nccc2c(-c3ccccc3)c3ccc(Cl)nc3n12. The van der Waals surface area contributed by atoms with Crippen LogP contribution >= 0.6 is 23.4 Å². The Bertz CT molecular complexity index is 979. The van der Waals surface area contributed by atoms with Crippen LogP contribution in [0, 0.1) is 0 Å². The minimum Gasteiger partial charge on any atom is -0.272 e. The first-order valence-corrected chi connectivity index (χ1v) is 8.45. The Labute approximate surface area is 137 Å². The predicted molar refractivity (Wildman–Crippen MR) is 92.7 cm³/mol. The molecular formula is C17H12ClN3S. The van der Waals surface area contributed by atoms with E-state index in [-0.39, 0.29) is 0 Å². The number of thioether (sulfide) groups is 1. The summed E-state index contributed by atoms with van der Waals surface area (Å²) >= 11 is 7.71. The van der Waals surface area contributed by atoms with E-state index in [1.54, 1.807) is 11.8 Å². The molecule has 0 aliphatic carbocycles. The molecule has 108 valence electrons. The van der Waals surface area contributed by atoms with E-state index in [4.69, 9.17) is 11.6 Å². The zero-order valence-corrected chi connectivity index (χ0v) is 13.4. The Hall–Kier alpha value is -2.04. The molecule has 0 aliphatic heterocycles. The Morgan fingerprint density at radius 1 is 1.05 bits per heavy atom. The number of nitrogens with zero attached hydrogens (tertiary/aromatic N) is 3. The Kier molecular flexibility index (Phi) is 3.28. The fourth-order valence-electron chi connectivity index (χ4n) is 2.79. The molecule has 0 aliphatic rings. The lowest BCUT2D eigenvalue weighted by Crippen LogP contribution is -1.94. The highest BCUT2D eigenvalue weighted by molar-refractivity contribution is 7.98. The highest BCUT2D eigenvalue weighted by Gasteiger charge is 2.17. The first-order valence-electron chi connectivity index (χ1n) is 6.84. The van der Waals surface area contributed by atoms with Crippen molar-refractivity contribution in [3.8, 4) is 11.1 Å². The lowest BCUT2D eigenvalue weighted by molar-refractivity contribution is 0.924. The summed E-state index contributed by atoms with van der Waals surface area (Å²) < 4.78 is 2.08. The van der Waals surface area contributed by atoms with Gasteiger partial charge in [-0.2, -0.15) is 0 Å². The molecule has 0 saturated heterocycles. The molecule has 0 spiro atoms. The Morgan fingerprint density at radius 3 is 2.64 bits per heavy atom. The monoisotopic (exact) mass is 325 g/mol. The molecule has 0 N–H and O–H groups in total. The van der Waals surface area contributed by atoms with Crippen LogP contribution in [0.5, 0.6) is 0 Å². The number of fused-ring (bicyclic) bond motifs is 3. The zero-order valence-electron chi connectivity index (χ0n) is 11.8. The largest absolute Gasteiger partial charge is 0.272 e. The lowest BCUT2D eigenvalue weighted by Gasteiger charge is -2.03. The average Bonchev–Trinajstić information content (AvgIpc) is 2.89. The third kappa shape index (κ3) is 1.99. The maximum Gasteiger partial charge on any atom is 0.173 e. The molecule has 3 aromatic heterocycles. The van der Waals surface area contributed by atoms with Crippen LogP contribution in [0.15, 0.2) is 59.9 Å². The van der Waals surface area contributed by atoms with Gasteiger partial charge in [0, 0.05) is 17.1 Å². The number of hydrogen-bond acceptors (Lipinski definition) is 3. The lowest BCUT2D eigenvalue weighted by atomic mass is 10.0. The van der Waals surface area contributed by atoms with Gasteiger partial charge >= 0.3 is 0 Å². The fraction of sp³-hybridized carbons (Fsp3) is 0.0588. The van der Waals surface area contributed by atoms with Gasteiger partial charge in [-0.25, -0.2) is 9.97 Å². The molecule has 4 rings (SSSR count). The van der Waals surface area contributed by atoms with Gasteiger partial charge < -0.3 is 0 Å². The van der Waals surface area contributed by atoms with Crippen molar-refractivity contribution in [2.24, 2.45) is 0 Å². The minimum absolute atomic E-state index is 0.488. The molecule has 0 radical (unpaired) electrons. The second-order valence-corrected chi connectivity index (χ2v) is 6.06. The number of rotatable bonds is 2. The normalized spacial score (nSPS) is 11.4. The predicted octanol–water partition coefficient (Wildman–Crippen LogP) is 4.92. The molecule has 0 fully saturated rings. The van der Waals surface area contributed by atoms with Gasteiger partial charge in [-0.1, -0.05) is 53.7 Å². The summed E-state index contributed by atoms with van der Waals surface area (Å²) in [4.78, 5) is 8.99. The number of halogens is 1. The molecule has 22 heavy (non-hydrogen) atoms. The van der Waals surface area contributed by atoms with E-state index in [1.807, 2.05) is 48.9 Å². The highest BCUT2D eigenvalue weighted by Crippen LogP contribution is 2.36. The van der Waals surface area contributed by atoms with E-state index in [2.05, 4.69) is 26.5 Å². The van der Waals surface area contributed by atoms with E-state index >= 15 is 0 Å². The molecule has 0 saturated carbocycles. The van der Waals surface area contributed by atoms with E-state index in [1.165, 1.54) is 0 Å². The number of pyridine rings is 1. The van der Waals surface area contributed by atoms with Crippen molar-refractivity contribution in [2.75, 3.05) is 6.26 Å². The van der Waals surface area contributed by atoms with Crippen molar-refractivity contribution in [2.45, 2.75) is 5.16 Å². The molecule has 1 aromatic carbocycles. The first-order chi connectivity index (χ1) is 10.8. The van der Waals surface area contributed by atoms with Crippen molar-refractivity contribution in [3.05, 3.63) is 59.9 Å². The van der Waals surface area contributed by atoms with E-state index in [9.17, 15) is 0 Å². The zero-order chi connectivity index (χ0) is 15.1. The second kappa shape index (κ2) is 5.30. The number of benzene rings is 1. The van der Waals surface area contributed by atoms with Crippen molar-refractivity contribution in [1.82, 2.24) is 14.4 Å². The number of hydrogen-bond donors (Lipinski definition) is 0. The van der Waals surface area contributed by atoms with Crippen LogP contribution in [-0.2, 0) is 0 Å². The Morgan fingerprint density at radius 2 is 1.86 bits per heavy atom. The maximum atomic E-state index is 6.12. The van der Waals surface area contributed by atoms with Gasteiger partial charge in [0.05, 0.1) is 5.52 Å². The molecule has 4 aromatic rings. The topological polar surface area (TPSA) is 30.2 Å². The standard InChI is InChI=1S/C17H12ClN3S/c1-22-17-19-10-9-13-15(11-5-3-2-4-6-11)12-7-8-14(18)20-16(12)21(13)17/h2-10H,1H3. The van der Waals surface area contributed by atoms with Crippen LogP contribution in [0.1, 0.15) is 0 Å². The molecule has 3 nitrogen and oxygen atoms in total. The maximum absolute atomic E-state index is 6.12. The molecule has 0 bridgehead atoms. The summed E-state index contributed by atoms with van der Waals surface area (Å²) in [6.07, 6.45) is 3.86. The second-order valence-electron chi connectivity index (χ2n) is 4.90. The van der Waals surface area contributed by atoms with Gasteiger partial charge in [-0.3, -0.25) is 4.40 Å². The van der Waals surface area contributed by atoms with Crippen LogP contribution in [0.2, 0.25) is 5.15 Å². The minimum atomic E-state index is 0.488. The molecule has 3 heterocycles. The molecule has 0 amide bonds. The Balaban J connectivity index is 2.24. The summed E-state index contributed by atoms with van der Waals surface area (Å²) in [5, 5.41) is 2.47. The third-order valence-corrected chi connectivity index (χ3v) is 4.54. The van der Waals surface area contributed by atoms with E-state index < -0.39 is 0 Å². The molecular weight excluding hydrogens is 314 g/mol. The summed E-state index contributed by atoms with van der Waals surface area (Å²) in [6, 6.07) is 16.2. The van der Waals surface area contributed by atoms with E-state index in [0.29, 0.717) is 5.15 Å². The summed E-state index contributed by atoms with van der Waals surface area (Å²) in [7, 11) is 0. The smallest absolute Gasteiger partial charge is 0.173 e. The van der Waals surface area contributed by atoms with Crippen LogP contribution in [-0.4, -0.2) is 20.6 Å². The highest BCUT2D eigenvalue weighted by atomic mass is 35.5. The van der Waals surface area contributed by atoms with Gasteiger partial charge in [-0.05, 0) is 30.0 Å². The van der Waals surface area contributed by atoms with Crippen molar-refractivity contribution >= 4 is 39.9 Å². The molecule has 5 heteroatoms. The van der Waals surface area contributed by atoms with Crippen molar-refractivity contribution < 1.29 is 0 Å². The van der Waals surface area contributed by atoms with Gasteiger partial charge in [0.15, 0.2) is 5.16 Å². The fourth-order valence-corrected chi connectivity index (χ4v) is 3.46. The van der Waals surface area contributed by atoms with Crippen LogP contribution in [0.3, 0.4) is 0 Å². The van der Waals surface area contributed by atoms with Crippen LogP contribution < -0.4 is 0 Å². The summed E-state index contributed by atoms with van der Waals surface area (Å²) in [5.74, 6) is 0. The van der Waals surface area contributed by atoms with Crippen LogP contribution in [0.25, 0.3) is 27.7 Å². The van der Waals surface area contributed by atoms with Gasteiger partial charge in [-0.15, -0.1) is 0 Å². The van der Waals surface area contributed by atoms with Gasteiger partial charge in [0.25, 0.3) is 0 Å². The van der Waals surface area contributed by atoms with Crippen molar-refractivity contribution in [3.63, 3.8) is 0 Å². The number of aromatic nitrogens is 3. The van der Waals surface area contributed by atoms with Crippen LogP contribution in [0.4, 0.5) is 0 Å². The van der Waals surface area contributed by atoms with E-state index in [0.717, 1.165) is 32.8 Å². The first kappa shape index (κ1) is 13.6. The molecule has 0 unspecified atom stereocenters.